The molecule has 2 heterocycles. The number of furan rings is 1. The molecule has 0 aliphatic carbocycles. The van der Waals surface area contributed by atoms with Gasteiger partial charge >= 0.3 is 0 Å². The smallest absolute Gasteiger partial charge is 0.256 e. The number of aromatic amines is 1. The van der Waals surface area contributed by atoms with Gasteiger partial charge in [0.15, 0.2) is 5.58 Å². The zero-order valence-electron chi connectivity index (χ0n) is 9.69. The van der Waals surface area contributed by atoms with Gasteiger partial charge in [-0.2, -0.15) is 0 Å². The second kappa shape index (κ2) is 3.74. The van der Waals surface area contributed by atoms with Crippen LogP contribution < -0.4 is 5.56 Å². The van der Waals surface area contributed by atoms with Gasteiger partial charge in [-0.15, -0.1) is 0 Å². The van der Waals surface area contributed by atoms with Gasteiger partial charge in [-0.05, 0) is 12.1 Å². The van der Waals surface area contributed by atoms with E-state index in [2.05, 4.69) is 18.1 Å². The van der Waals surface area contributed by atoms with E-state index in [0.29, 0.717) is 22.2 Å². The number of hydrogen-bond donors (Lipinski definition) is 1. The van der Waals surface area contributed by atoms with E-state index in [1.807, 2.05) is 18.2 Å². The SMILES string of the molecule is C=Cc1oc2c([nH]c(=O)c3ccccc32)c1C=C. The third kappa shape index (κ3) is 1.27. The molecule has 2 aromatic heterocycles. The molecule has 3 rings (SSSR count). The molecule has 0 saturated carbocycles. The summed E-state index contributed by atoms with van der Waals surface area (Å²) < 4.78 is 5.75. The summed E-state index contributed by atoms with van der Waals surface area (Å²) in [5, 5.41) is 1.41. The van der Waals surface area contributed by atoms with Gasteiger partial charge in [0.1, 0.15) is 5.76 Å². The number of fused-ring (bicyclic) bond motifs is 3. The van der Waals surface area contributed by atoms with Gasteiger partial charge in [0.25, 0.3) is 5.56 Å². The monoisotopic (exact) mass is 237 g/mol. The van der Waals surface area contributed by atoms with E-state index in [-0.39, 0.29) is 5.56 Å². The van der Waals surface area contributed by atoms with Gasteiger partial charge in [-0.3, -0.25) is 4.79 Å². The largest absolute Gasteiger partial charge is 0.454 e. The first-order valence-electron chi connectivity index (χ1n) is 5.58. The summed E-state index contributed by atoms with van der Waals surface area (Å²) in [5.41, 5.74) is 1.97. The Labute approximate surface area is 103 Å². The Hall–Kier alpha value is -2.55. The van der Waals surface area contributed by atoms with Crippen molar-refractivity contribution >= 4 is 34.0 Å². The zero-order valence-corrected chi connectivity index (χ0v) is 9.69. The highest BCUT2D eigenvalue weighted by Gasteiger charge is 2.14. The lowest BCUT2D eigenvalue weighted by Crippen LogP contribution is -2.05. The molecule has 0 spiro atoms. The van der Waals surface area contributed by atoms with Crippen LogP contribution in [0.25, 0.3) is 34.0 Å². The molecule has 88 valence electrons. The fourth-order valence-corrected chi connectivity index (χ4v) is 2.19. The number of nitrogens with one attached hydrogen (secondary N) is 1. The second-order valence-electron chi connectivity index (χ2n) is 3.99. The normalized spacial score (nSPS) is 10.9. The maximum Gasteiger partial charge on any atom is 0.256 e. The number of H-pyrrole nitrogens is 1. The van der Waals surface area contributed by atoms with Crippen molar-refractivity contribution in [3.63, 3.8) is 0 Å². The summed E-state index contributed by atoms with van der Waals surface area (Å²) in [4.78, 5) is 14.8. The lowest BCUT2D eigenvalue weighted by Gasteiger charge is -1.97. The quantitative estimate of drug-likeness (QED) is 0.740. The highest BCUT2D eigenvalue weighted by Crippen LogP contribution is 2.29. The lowest BCUT2D eigenvalue weighted by molar-refractivity contribution is 0.606. The third-order valence-corrected chi connectivity index (χ3v) is 3.02. The van der Waals surface area contributed by atoms with E-state index in [4.69, 9.17) is 4.42 Å². The average Bonchev–Trinajstić information content (AvgIpc) is 2.77. The lowest BCUT2D eigenvalue weighted by atomic mass is 10.1. The summed E-state index contributed by atoms with van der Waals surface area (Å²) in [5.74, 6) is 0.618. The molecule has 0 atom stereocenters. The Morgan fingerprint density at radius 2 is 1.83 bits per heavy atom. The first-order chi connectivity index (χ1) is 8.76. The minimum absolute atomic E-state index is 0.127. The van der Waals surface area contributed by atoms with Gasteiger partial charge in [0.05, 0.1) is 10.9 Å². The summed E-state index contributed by atoms with van der Waals surface area (Å²) in [6.07, 6.45) is 3.28. The van der Waals surface area contributed by atoms with Crippen LogP contribution in [-0.2, 0) is 0 Å². The molecule has 0 aliphatic heterocycles. The van der Waals surface area contributed by atoms with Crippen molar-refractivity contribution in [2.75, 3.05) is 0 Å². The van der Waals surface area contributed by atoms with Crippen molar-refractivity contribution < 1.29 is 4.42 Å². The molecule has 0 fully saturated rings. The van der Waals surface area contributed by atoms with E-state index >= 15 is 0 Å². The number of pyridine rings is 1. The molecule has 1 aromatic carbocycles. The third-order valence-electron chi connectivity index (χ3n) is 3.02. The van der Waals surface area contributed by atoms with Crippen molar-refractivity contribution in [3.8, 4) is 0 Å². The molecule has 0 radical (unpaired) electrons. The van der Waals surface area contributed by atoms with Crippen molar-refractivity contribution in [2.45, 2.75) is 0 Å². The van der Waals surface area contributed by atoms with Gasteiger partial charge < -0.3 is 9.40 Å². The Balaban J connectivity index is 2.65. The molecule has 0 amide bonds. The Bertz CT molecular complexity index is 837. The molecule has 0 saturated heterocycles. The topological polar surface area (TPSA) is 46.0 Å². The van der Waals surface area contributed by atoms with Crippen molar-refractivity contribution in [2.24, 2.45) is 0 Å². The van der Waals surface area contributed by atoms with Gasteiger partial charge in [0, 0.05) is 10.9 Å². The summed E-state index contributed by atoms with van der Waals surface area (Å²) in [6.45, 7) is 7.45. The predicted molar refractivity (Wildman–Crippen MR) is 74.5 cm³/mol. The van der Waals surface area contributed by atoms with Crippen molar-refractivity contribution in [3.05, 3.63) is 59.1 Å². The molecule has 3 aromatic rings. The summed E-state index contributed by atoms with van der Waals surface area (Å²) in [6, 6.07) is 7.35. The average molecular weight is 237 g/mol. The Kier molecular flexibility index (Phi) is 2.20. The maximum atomic E-state index is 12.0. The fraction of sp³-hybridized carbons (Fsp3) is 0. The van der Waals surface area contributed by atoms with Crippen LogP contribution in [0.1, 0.15) is 11.3 Å². The van der Waals surface area contributed by atoms with E-state index in [1.165, 1.54) is 0 Å². The highest BCUT2D eigenvalue weighted by molar-refractivity contribution is 6.05. The first kappa shape index (κ1) is 10.6. The molecule has 1 N–H and O–H groups in total. The van der Waals surface area contributed by atoms with Gasteiger partial charge in [-0.25, -0.2) is 0 Å². The van der Waals surface area contributed by atoms with E-state index in [1.54, 1.807) is 18.2 Å². The van der Waals surface area contributed by atoms with Crippen LogP contribution in [0.4, 0.5) is 0 Å². The standard InChI is InChI=1S/C15H11NO2/c1-3-9-12(4-2)18-14-10-7-5-6-8-11(10)15(17)16-13(9)14/h3-8H,1-2H2,(H,16,17). The predicted octanol–water partition coefficient (Wildman–Crippen LogP) is 3.56. The molecule has 0 bridgehead atoms. The van der Waals surface area contributed by atoms with Crippen LogP contribution >= 0.6 is 0 Å². The molecule has 0 unspecified atom stereocenters. The molecule has 3 nitrogen and oxygen atoms in total. The number of benzene rings is 1. The van der Waals surface area contributed by atoms with E-state index in [9.17, 15) is 4.79 Å². The zero-order chi connectivity index (χ0) is 12.7. The van der Waals surface area contributed by atoms with Crippen LogP contribution in [0.3, 0.4) is 0 Å². The molecular formula is C15H11NO2. The molecule has 18 heavy (non-hydrogen) atoms. The number of hydrogen-bond acceptors (Lipinski definition) is 2. The van der Waals surface area contributed by atoms with Crippen molar-refractivity contribution in [1.29, 1.82) is 0 Å². The summed E-state index contributed by atoms with van der Waals surface area (Å²) >= 11 is 0. The van der Waals surface area contributed by atoms with Crippen LogP contribution in [0.15, 0.2) is 46.6 Å². The molecular weight excluding hydrogens is 226 g/mol. The first-order valence-corrected chi connectivity index (χ1v) is 5.58. The van der Waals surface area contributed by atoms with E-state index in [0.717, 1.165) is 10.9 Å². The number of rotatable bonds is 2. The minimum Gasteiger partial charge on any atom is -0.454 e. The minimum atomic E-state index is -0.127. The van der Waals surface area contributed by atoms with Crippen LogP contribution in [0, 0.1) is 0 Å². The van der Waals surface area contributed by atoms with Crippen LogP contribution in [-0.4, -0.2) is 4.98 Å². The second-order valence-corrected chi connectivity index (χ2v) is 3.99. The van der Waals surface area contributed by atoms with Gasteiger partial charge in [-0.1, -0.05) is 37.4 Å². The highest BCUT2D eigenvalue weighted by atomic mass is 16.3. The number of aromatic nitrogens is 1. The van der Waals surface area contributed by atoms with Crippen molar-refractivity contribution in [1.82, 2.24) is 4.98 Å². The summed E-state index contributed by atoms with van der Waals surface area (Å²) in [7, 11) is 0. The molecule has 3 heteroatoms. The Morgan fingerprint density at radius 3 is 2.50 bits per heavy atom. The Morgan fingerprint density at radius 1 is 1.11 bits per heavy atom. The van der Waals surface area contributed by atoms with E-state index < -0.39 is 0 Å². The molecule has 0 aliphatic rings. The van der Waals surface area contributed by atoms with Crippen LogP contribution in [0.2, 0.25) is 0 Å². The fourth-order valence-electron chi connectivity index (χ4n) is 2.19. The maximum absolute atomic E-state index is 12.0. The van der Waals surface area contributed by atoms with Crippen LogP contribution in [0.5, 0.6) is 0 Å². The van der Waals surface area contributed by atoms with Gasteiger partial charge in [0.2, 0.25) is 0 Å².